The van der Waals surface area contributed by atoms with Crippen molar-refractivity contribution < 1.29 is 9.90 Å². The molecule has 1 aromatic carbocycles. The summed E-state index contributed by atoms with van der Waals surface area (Å²) in [5.74, 6) is 0.189. The molecule has 0 amide bonds. The summed E-state index contributed by atoms with van der Waals surface area (Å²) >= 11 is 0. The molecule has 0 spiro atoms. The van der Waals surface area contributed by atoms with Crippen molar-refractivity contribution in [2.24, 2.45) is 5.41 Å². The van der Waals surface area contributed by atoms with Crippen LogP contribution in [-0.4, -0.2) is 10.9 Å². The van der Waals surface area contributed by atoms with E-state index >= 15 is 0 Å². The Labute approximate surface area is 104 Å². The molecule has 1 N–H and O–H groups in total. The van der Waals surface area contributed by atoms with Crippen LogP contribution in [0, 0.1) is 5.41 Å². The van der Waals surface area contributed by atoms with Gasteiger partial charge >= 0.3 is 0 Å². The molecule has 0 fully saturated rings. The number of aliphatic hydroxyl groups is 1. The van der Waals surface area contributed by atoms with Gasteiger partial charge in [0.05, 0.1) is 5.60 Å². The average molecular weight is 234 g/mol. The first-order valence-corrected chi connectivity index (χ1v) is 6.05. The molecule has 2 heteroatoms. The van der Waals surface area contributed by atoms with Crippen LogP contribution in [0.15, 0.2) is 30.3 Å². The zero-order chi connectivity index (χ0) is 13.1. The molecule has 0 aliphatic carbocycles. The van der Waals surface area contributed by atoms with Gasteiger partial charge in [-0.1, -0.05) is 51.1 Å². The second-order valence-corrected chi connectivity index (χ2v) is 5.81. The van der Waals surface area contributed by atoms with Gasteiger partial charge in [-0.05, 0) is 18.9 Å². The van der Waals surface area contributed by atoms with E-state index in [0.717, 1.165) is 5.56 Å². The first-order valence-electron chi connectivity index (χ1n) is 6.05. The molecule has 0 aliphatic heterocycles. The predicted molar refractivity (Wildman–Crippen MR) is 69.7 cm³/mol. The molecule has 2 nitrogen and oxygen atoms in total. The van der Waals surface area contributed by atoms with Crippen LogP contribution in [-0.2, 0) is 10.4 Å². The van der Waals surface area contributed by atoms with E-state index in [9.17, 15) is 9.90 Å². The molecule has 1 unspecified atom stereocenters. The zero-order valence-electron chi connectivity index (χ0n) is 11.2. The predicted octanol–water partition coefficient (Wildman–Crippen LogP) is 3.29. The summed E-state index contributed by atoms with van der Waals surface area (Å²) in [6.45, 7) is 7.49. The third kappa shape index (κ3) is 3.97. The van der Waals surface area contributed by atoms with Crippen LogP contribution in [0.25, 0.3) is 0 Å². The molecular formula is C15H22O2. The highest BCUT2D eigenvalue weighted by molar-refractivity contribution is 5.83. The topological polar surface area (TPSA) is 37.3 Å². The highest BCUT2D eigenvalue weighted by Crippen LogP contribution is 2.28. The highest BCUT2D eigenvalue weighted by atomic mass is 16.3. The van der Waals surface area contributed by atoms with Crippen molar-refractivity contribution in [3.05, 3.63) is 35.9 Å². The van der Waals surface area contributed by atoms with Crippen LogP contribution >= 0.6 is 0 Å². The normalized spacial score (nSPS) is 15.4. The lowest BCUT2D eigenvalue weighted by atomic mass is 9.83. The Kier molecular flexibility index (Phi) is 4.10. The fourth-order valence-corrected chi connectivity index (χ4v) is 1.67. The molecule has 0 aliphatic rings. The van der Waals surface area contributed by atoms with Gasteiger partial charge in [0.1, 0.15) is 5.78 Å². The molecule has 0 saturated carbocycles. The minimum Gasteiger partial charge on any atom is -0.385 e. The van der Waals surface area contributed by atoms with Crippen LogP contribution in [0.5, 0.6) is 0 Å². The van der Waals surface area contributed by atoms with Crippen LogP contribution in [0.2, 0.25) is 0 Å². The molecule has 0 bridgehead atoms. The quantitative estimate of drug-likeness (QED) is 0.868. The Morgan fingerprint density at radius 1 is 1.12 bits per heavy atom. The van der Waals surface area contributed by atoms with E-state index in [-0.39, 0.29) is 11.2 Å². The van der Waals surface area contributed by atoms with Crippen molar-refractivity contribution in [2.45, 2.75) is 46.1 Å². The fraction of sp³-hybridized carbons (Fsp3) is 0.533. The summed E-state index contributed by atoms with van der Waals surface area (Å²) in [5, 5.41) is 10.3. The number of benzene rings is 1. The summed E-state index contributed by atoms with van der Waals surface area (Å²) < 4.78 is 0. The maximum atomic E-state index is 11.8. The minimum atomic E-state index is -0.928. The van der Waals surface area contributed by atoms with E-state index in [2.05, 4.69) is 0 Å². The molecule has 1 atom stereocenters. The standard InChI is InChI=1S/C15H22O2/c1-14(2,3)13(16)10-11-15(4,17)12-8-6-5-7-9-12/h5-9,17H,10-11H2,1-4H3. The van der Waals surface area contributed by atoms with Crippen molar-refractivity contribution in [1.82, 2.24) is 0 Å². The SMILES string of the molecule is CC(C)(C)C(=O)CCC(C)(O)c1ccccc1. The van der Waals surface area contributed by atoms with Crippen molar-refractivity contribution >= 4 is 5.78 Å². The number of carbonyl (C=O) groups excluding carboxylic acids is 1. The van der Waals surface area contributed by atoms with Gasteiger partial charge in [0.15, 0.2) is 0 Å². The molecule has 1 rings (SSSR count). The summed E-state index contributed by atoms with van der Waals surface area (Å²) in [4.78, 5) is 11.8. The highest BCUT2D eigenvalue weighted by Gasteiger charge is 2.27. The lowest BCUT2D eigenvalue weighted by Crippen LogP contribution is -2.26. The first-order chi connectivity index (χ1) is 7.73. The number of ketones is 1. The summed E-state index contributed by atoms with van der Waals surface area (Å²) in [7, 11) is 0. The molecule has 1 aromatic rings. The van der Waals surface area contributed by atoms with Crippen molar-refractivity contribution in [3.63, 3.8) is 0 Å². The van der Waals surface area contributed by atoms with Gasteiger partial charge in [-0.2, -0.15) is 0 Å². The Hall–Kier alpha value is -1.15. The van der Waals surface area contributed by atoms with Crippen molar-refractivity contribution in [3.8, 4) is 0 Å². The van der Waals surface area contributed by atoms with E-state index in [0.29, 0.717) is 12.8 Å². The molecule has 94 valence electrons. The van der Waals surface area contributed by atoms with Gasteiger partial charge in [0.2, 0.25) is 0 Å². The molecule has 17 heavy (non-hydrogen) atoms. The summed E-state index contributed by atoms with van der Waals surface area (Å²) in [6.07, 6.45) is 0.874. The number of rotatable bonds is 4. The smallest absolute Gasteiger partial charge is 0.138 e. The third-order valence-corrected chi connectivity index (χ3v) is 3.07. The first kappa shape index (κ1) is 13.9. The maximum Gasteiger partial charge on any atom is 0.138 e. The van der Waals surface area contributed by atoms with Crippen molar-refractivity contribution in [1.29, 1.82) is 0 Å². The van der Waals surface area contributed by atoms with Crippen molar-refractivity contribution in [2.75, 3.05) is 0 Å². The van der Waals surface area contributed by atoms with E-state index in [1.54, 1.807) is 6.92 Å². The lowest BCUT2D eigenvalue weighted by molar-refractivity contribution is -0.127. The van der Waals surface area contributed by atoms with E-state index in [4.69, 9.17) is 0 Å². The van der Waals surface area contributed by atoms with E-state index < -0.39 is 5.60 Å². The van der Waals surface area contributed by atoms with Crippen LogP contribution in [0.1, 0.15) is 46.1 Å². The number of Topliss-reactive ketones (excluding diaryl/α,β-unsaturated/α-hetero) is 1. The number of carbonyl (C=O) groups is 1. The Balaban J connectivity index is 2.66. The summed E-state index contributed by atoms with van der Waals surface area (Å²) in [6, 6.07) is 9.49. The third-order valence-electron chi connectivity index (χ3n) is 3.07. The monoisotopic (exact) mass is 234 g/mol. The largest absolute Gasteiger partial charge is 0.385 e. The molecule has 0 aromatic heterocycles. The van der Waals surface area contributed by atoms with Gasteiger partial charge in [-0.3, -0.25) is 4.79 Å². The summed E-state index contributed by atoms with van der Waals surface area (Å²) in [5.41, 5.74) is -0.392. The van der Waals surface area contributed by atoms with E-state index in [1.165, 1.54) is 0 Å². The van der Waals surface area contributed by atoms with Crippen LogP contribution in [0.4, 0.5) is 0 Å². The van der Waals surface area contributed by atoms with Gasteiger partial charge in [0, 0.05) is 11.8 Å². The van der Waals surface area contributed by atoms with Crippen LogP contribution in [0.3, 0.4) is 0 Å². The maximum absolute atomic E-state index is 11.8. The average Bonchev–Trinajstić information content (AvgIpc) is 2.26. The van der Waals surface area contributed by atoms with E-state index in [1.807, 2.05) is 51.1 Å². The molecule has 0 heterocycles. The lowest BCUT2D eigenvalue weighted by Gasteiger charge is -2.25. The number of hydrogen-bond donors (Lipinski definition) is 1. The second-order valence-electron chi connectivity index (χ2n) is 5.81. The Morgan fingerprint density at radius 3 is 2.12 bits per heavy atom. The van der Waals surface area contributed by atoms with Gasteiger partial charge < -0.3 is 5.11 Å². The molecule has 0 saturated heterocycles. The zero-order valence-corrected chi connectivity index (χ0v) is 11.2. The molecule has 0 radical (unpaired) electrons. The second kappa shape index (κ2) is 5.01. The van der Waals surface area contributed by atoms with Crippen LogP contribution < -0.4 is 0 Å². The Morgan fingerprint density at radius 2 is 1.65 bits per heavy atom. The fourth-order valence-electron chi connectivity index (χ4n) is 1.67. The minimum absolute atomic E-state index is 0.189. The Bertz CT molecular complexity index is 372. The van der Waals surface area contributed by atoms with Gasteiger partial charge in [-0.15, -0.1) is 0 Å². The van der Waals surface area contributed by atoms with Gasteiger partial charge in [-0.25, -0.2) is 0 Å². The number of hydrogen-bond acceptors (Lipinski definition) is 2. The molecular weight excluding hydrogens is 212 g/mol. The van der Waals surface area contributed by atoms with Gasteiger partial charge in [0.25, 0.3) is 0 Å².